The molecule has 0 unspecified atom stereocenters. The number of aliphatic hydroxyl groups is 1. The number of hydrogen-bond donors (Lipinski definition) is 2. The van der Waals surface area contributed by atoms with E-state index in [-0.39, 0.29) is 24.4 Å². The van der Waals surface area contributed by atoms with E-state index in [2.05, 4.69) is 15.3 Å². The van der Waals surface area contributed by atoms with Crippen LogP contribution in [0.15, 0.2) is 29.4 Å². The number of hydrogen-bond acceptors (Lipinski definition) is 8. The highest BCUT2D eigenvalue weighted by Gasteiger charge is 2.17. The summed E-state index contributed by atoms with van der Waals surface area (Å²) in [6, 6.07) is 7.95. The Morgan fingerprint density at radius 2 is 2.26 bits per heavy atom. The first-order chi connectivity index (χ1) is 11.1. The number of aliphatic hydroxyl groups excluding tert-OH is 1. The van der Waals surface area contributed by atoms with Gasteiger partial charge >= 0.3 is 0 Å². The lowest BCUT2D eigenvalue weighted by molar-refractivity contribution is -0.384. The van der Waals surface area contributed by atoms with Crippen molar-refractivity contribution < 1.29 is 10.0 Å². The van der Waals surface area contributed by atoms with Crippen LogP contribution < -0.4 is 5.32 Å². The first-order valence-electron chi connectivity index (χ1n) is 6.56. The number of nitro benzene ring substituents is 1. The van der Waals surface area contributed by atoms with Crippen molar-refractivity contribution in [2.24, 2.45) is 0 Å². The fourth-order valence-corrected chi connectivity index (χ4v) is 2.28. The fraction of sp³-hybridized carbons (Fsp3) is 0.214. The first kappa shape index (κ1) is 16.7. The molecule has 1 aromatic carbocycles. The number of aromatic nitrogens is 2. The molecule has 0 spiro atoms. The molecular formula is C14H13N5O3S. The molecule has 118 valence electrons. The zero-order chi connectivity index (χ0) is 16.8. The van der Waals surface area contributed by atoms with Crippen molar-refractivity contribution in [2.45, 2.75) is 5.16 Å². The maximum atomic E-state index is 10.9. The Hall–Kier alpha value is -2.70. The molecule has 2 N–H and O–H groups in total. The lowest BCUT2D eigenvalue weighted by Gasteiger charge is -2.11. The summed E-state index contributed by atoms with van der Waals surface area (Å²) in [5.74, 6) is 0.294. The van der Waals surface area contributed by atoms with Crippen molar-refractivity contribution >= 4 is 23.3 Å². The Morgan fingerprint density at radius 1 is 1.48 bits per heavy atom. The van der Waals surface area contributed by atoms with Crippen molar-refractivity contribution in [1.29, 1.82) is 5.26 Å². The van der Waals surface area contributed by atoms with Crippen molar-refractivity contribution in [2.75, 3.05) is 24.7 Å². The number of rotatable bonds is 6. The van der Waals surface area contributed by atoms with Crippen molar-refractivity contribution in [3.63, 3.8) is 0 Å². The van der Waals surface area contributed by atoms with Crippen molar-refractivity contribution in [3.05, 3.63) is 39.9 Å². The minimum absolute atomic E-state index is 0.0828. The highest BCUT2D eigenvalue weighted by atomic mass is 32.2. The molecule has 0 fully saturated rings. The minimum Gasteiger partial charge on any atom is -0.395 e. The topological polar surface area (TPSA) is 125 Å². The summed E-state index contributed by atoms with van der Waals surface area (Å²) in [6.45, 7) is 0.115. The van der Waals surface area contributed by atoms with Crippen LogP contribution in [0.25, 0.3) is 11.3 Å². The maximum absolute atomic E-state index is 10.9. The lowest BCUT2D eigenvalue weighted by atomic mass is 10.1. The molecule has 0 amide bonds. The highest BCUT2D eigenvalue weighted by molar-refractivity contribution is 7.98. The fourth-order valence-electron chi connectivity index (χ4n) is 1.92. The predicted octanol–water partition coefficient (Wildman–Crippen LogP) is 2.05. The monoisotopic (exact) mass is 331 g/mol. The normalized spacial score (nSPS) is 10.1. The van der Waals surface area contributed by atoms with Gasteiger partial charge in [0, 0.05) is 24.2 Å². The van der Waals surface area contributed by atoms with Crippen LogP contribution in [-0.4, -0.2) is 39.4 Å². The molecule has 0 saturated heterocycles. The molecule has 0 aliphatic rings. The van der Waals surface area contributed by atoms with E-state index in [0.29, 0.717) is 22.2 Å². The number of nitrogens with zero attached hydrogens (tertiary/aromatic N) is 4. The smallest absolute Gasteiger partial charge is 0.270 e. The highest BCUT2D eigenvalue weighted by Crippen LogP contribution is 2.30. The van der Waals surface area contributed by atoms with E-state index in [0.717, 1.165) is 0 Å². The molecule has 8 nitrogen and oxygen atoms in total. The van der Waals surface area contributed by atoms with Gasteiger partial charge in [-0.3, -0.25) is 10.1 Å². The molecule has 0 radical (unpaired) electrons. The maximum Gasteiger partial charge on any atom is 0.270 e. The van der Waals surface area contributed by atoms with Gasteiger partial charge in [-0.1, -0.05) is 23.9 Å². The van der Waals surface area contributed by atoms with Crippen LogP contribution in [0.4, 0.5) is 11.5 Å². The summed E-state index contributed by atoms with van der Waals surface area (Å²) in [4.78, 5) is 19.0. The van der Waals surface area contributed by atoms with Gasteiger partial charge < -0.3 is 10.4 Å². The number of non-ortho nitro benzene ring substituents is 1. The Balaban J connectivity index is 2.62. The number of nitro groups is 1. The van der Waals surface area contributed by atoms with Crippen LogP contribution in [0.5, 0.6) is 0 Å². The molecule has 0 bridgehead atoms. The van der Waals surface area contributed by atoms with Gasteiger partial charge in [0.2, 0.25) is 0 Å². The summed E-state index contributed by atoms with van der Waals surface area (Å²) in [7, 11) is 0. The molecule has 0 atom stereocenters. The number of thioether (sulfide) groups is 1. The molecular weight excluding hydrogens is 318 g/mol. The third-order valence-corrected chi connectivity index (χ3v) is 3.47. The largest absolute Gasteiger partial charge is 0.395 e. The van der Waals surface area contributed by atoms with Gasteiger partial charge in [-0.2, -0.15) is 5.26 Å². The van der Waals surface area contributed by atoms with Gasteiger partial charge in [-0.05, 0) is 6.26 Å². The minimum atomic E-state index is -0.503. The van der Waals surface area contributed by atoms with Crippen LogP contribution in [0, 0.1) is 21.4 Å². The van der Waals surface area contributed by atoms with Gasteiger partial charge in [0.15, 0.2) is 5.16 Å². The molecule has 2 aromatic rings. The van der Waals surface area contributed by atoms with Gasteiger partial charge in [0.1, 0.15) is 17.5 Å². The van der Waals surface area contributed by atoms with Gasteiger partial charge in [0.05, 0.1) is 17.2 Å². The Labute approximate surface area is 136 Å². The Kier molecular flexibility index (Phi) is 5.46. The van der Waals surface area contributed by atoms with E-state index in [1.165, 1.54) is 30.0 Å². The second-order valence-corrected chi connectivity index (χ2v) is 5.13. The number of nitrogens with one attached hydrogen (secondary N) is 1. The quantitative estimate of drug-likeness (QED) is 0.356. The van der Waals surface area contributed by atoms with E-state index < -0.39 is 4.92 Å². The van der Waals surface area contributed by atoms with Crippen LogP contribution in [0.2, 0.25) is 0 Å². The predicted molar refractivity (Wildman–Crippen MR) is 86.2 cm³/mol. The number of anilines is 1. The third kappa shape index (κ3) is 3.74. The molecule has 23 heavy (non-hydrogen) atoms. The van der Waals surface area contributed by atoms with E-state index in [1.54, 1.807) is 12.3 Å². The van der Waals surface area contributed by atoms with E-state index >= 15 is 0 Å². The molecule has 0 aliphatic heterocycles. The van der Waals surface area contributed by atoms with E-state index in [1.807, 2.05) is 6.07 Å². The van der Waals surface area contributed by atoms with Gasteiger partial charge in [-0.25, -0.2) is 9.97 Å². The molecule has 1 aromatic heterocycles. The standard InChI is InChI=1S/C14H13N5O3S/c1-23-14-17-12(9-3-2-4-10(7-9)19(21)22)11(8-15)13(18-14)16-5-6-20/h2-4,7,20H,5-6H2,1H3,(H,16,17,18). The second kappa shape index (κ2) is 7.53. The SMILES string of the molecule is CSc1nc(NCCO)c(C#N)c(-c2cccc([N+](=O)[O-])c2)n1. The van der Waals surface area contributed by atoms with Crippen LogP contribution in [-0.2, 0) is 0 Å². The van der Waals surface area contributed by atoms with Crippen LogP contribution in [0.1, 0.15) is 5.56 Å². The second-order valence-electron chi connectivity index (χ2n) is 4.35. The first-order valence-corrected chi connectivity index (χ1v) is 7.79. The Morgan fingerprint density at radius 3 is 2.87 bits per heavy atom. The molecule has 1 heterocycles. The van der Waals surface area contributed by atoms with E-state index in [4.69, 9.17) is 5.11 Å². The number of nitriles is 1. The molecule has 0 aliphatic carbocycles. The van der Waals surface area contributed by atoms with Crippen LogP contribution >= 0.6 is 11.8 Å². The third-order valence-electron chi connectivity index (χ3n) is 2.92. The lowest BCUT2D eigenvalue weighted by Crippen LogP contribution is -2.10. The average molecular weight is 331 g/mol. The van der Waals surface area contributed by atoms with Crippen molar-refractivity contribution in [3.8, 4) is 17.3 Å². The Bertz CT molecular complexity index is 775. The van der Waals surface area contributed by atoms with Gasteiger partial charge in [-0.15, -0.1) is 0 Å². The number of benzene rings is 1. The van der Waals surface area contributed by atoms with E-state index in [9.17, 15) is 15.4 Å². The molecule has 2 rings (SSSR count). The van der Waals surface area contributed by atoms with Gasteiger partial charge in [0.25, 0.3) is 5.69 Å². The molecule has 9 heteroatoms. The zero-order valence-corrected chi connectivity index (χ0v) is 13.0. The average Bonchev–Trinajstić information content (AvgIpc) is 2.58. The summed E-state index contributed by atoms with van der Waals surface area (Å²) in [6.07, 6.45) is 1.79. The zero-order valence-electron chi connectivity index (χ0n) is 12.2. The van der Waals surface area contributed by atoms with Crippen molar-refractivity contribution in [1.82, 2.24) is 9.97 Å². The molecule has 0 saturated carbocycles. The summed E-state index contributed by atoms with van der Waals surface area (Å²) in [5, 5.41) is 32.6. The summed E-state index contributed by atoms with van der Waals surface area (Å²) < 4.78 is 0. The van der Waals surface area contributed by atoms with Crippen LogP contribution in [0.3, 0.4) is 0 Å². The summed E-state index contributed by atoms with van der Waals surface area (Å²) in [5.41, 5.74) is 0.869. The summed E-state index contributed by atoms with van der Waals surface area (Å²) >= 11 is 1.29.